The lowest BCUT2D eigenvalue weighted by molar-refractivity contribution is -0.119. The molecular weight excluding hydrogens is 374 g/mol. The Hall–Kier alpha value is -1.63. The van der Waals surface area contributed by atoms with Crippen LogP contribution in [0, 0.1) is 13.8 Å². The zero-order chi connectivity index (χ0) is 18.0. The maximum atomic E-state index is 12.3. The van der Waals surface area contributed by atoms with Gasteiger partial charge in [-0.05, 0) is 44.0 Å². The van der Waals surface area contributed by atoms with E-state index in [0.717, 1.165) is 20.8 Å². The minimum absolute atomic E-state index is 0.0335. The smallest absolute Gasteiger partial charge is 0.230 e. The van der Waals surface area contributed by atoms with E-state index >= 15 is 0 Å². The largest absolute Gasteiger partial charge is 0.349 e. The summed E-state index contributed by atoms with van der Waals surface area (Å²) in [5.74, 6) is 0.277. The number of carbonyl (C=O) groups is 1. The van der Waals surface area contributed by atoms with Gasteiger partial charge in [0, 0.05) is 15.3 Å². The number of benzene rings is 1. The molecule has 1 aromatic carbocycles. The fourth-order valence-electron chi connectivity index (χ4n) is 2.54. The van der Waals surface area contributed by atoms with Crippen molar-refractivity contribution in [3.63, 3.8) is 0 Å². The van der Waals surface area contributed by atoms with Crippen molar-refractivity contribution in [1.82, 2.24) is 15.3 Å². The van der Waals surface area contributed by atoms with E-state index in [1.165, 1.54) is 22.2 Å². The second kappa shape index (κ2) is 7.72. The second-order valence-corrected chi connectivity index (χ2v) is 8.38. The Balaban J connectivity index is 1.67. The van der Waals surface area contributed by atoms with Crippen molar-refractivity contribution in [2.45, 2.75) is 31.8 Å². The van der Waals surface area contributed by atoms with Gasteiger partial charge < -0.3 is 5.32 Å². The van der Waals surface area contributed by atoms with Gasteiger partial charge in [0.25, 0.3) is 0 Å². The number of thioether (sulfide) groups is 1. The normalized spacial score (nSPS) is 12.3. The predicted molar refractivity (Wildman–Crippen MR) is 106 cm³/mol. The van der Waals surface area contributed by atoms with Crippen molar-refractivity contribution in [1.29, 1.82) is 0 Å². The fourth-order valence-corrected chi connectivity index (χ4v) is 4.66. The summed E-state index contributed by atoms with van der Waals surface area (Å²) >= 11 is 9.11. The van der Waals surface area contributed by atoms with Gasteiger partial charge in [-0.3, -0.25) is 4.79 Å². The third-order valence-corrected chi connectivity index (χ3v) is 6.34. The summed E-state index contributed by atoms with van der Waals surface area (Å²) in [5.41, 5.74) is 2.18. The van der Waals surface area contributed by atoms with Gasteiger partial charge in [0.15, 0.2) is 0 Å². The molecule has 0 aliphatic heterocycles. The lowest BCUT2D eigenvalue weighted by Crippen LogP contribution is -2.28. The van der Waals surface area contributed by atoms with E-state index in [-0.39, 0.29) is 11.9 Å². The molecule has 0 aliphatic carbocycles. The fraction of sp³-hybridized carbons (Fsp3) is 0.278. The molecule has 0 saturated heterocycles. The molecule has 2 aromatic heterocycles. The maximum absolute atomic E-state index is 12.3. The molecule has 1 amide bonds. The number of rotatable bonds is 5. The summed E-state index contributed by atoms with van der Waals surface area (Å²) in [7, 11) is 0. The summed E-state index contributed by atoms with van der Waals surface area (Å²) in [6.07, 6.45) is 1.56. The van der Waals surface area contributed by atoms with E-state index in [1.807, 2.05) is 31.2 Å². The van der Waals surface area contributed by atoms with Crippen LogP contribution in [0.4, 0.5) is 0 Å². The molecule has 130 valence electrons. The monoisotopic (exact) mass is 391 g/mol. The Morgan fingerprint density at radius 3 is 2.92 bits per heavy atom. The Labute approximate surface area is 160 Å². The van der Waals surface area contributed by atoms with Crippen LogP contribution in [0.2, 0.25) is 5.02 Å². The molecule has 2 heterocycles. The molecule has 1 N–H and O–H groups in total. The van der Waals surface area contributed by atoms with Crippen molar-refractivity contribution in [3.05, 3.63) is 51.6 Å². The number of hydrogen-bond donors (Lipinski definition) is 1. The lowest BCUT2D eigenvalue weighted by atomic mass is 10.1. The highest BCUT2D eigenvalue weighted by Gasteiger charge is 2.15. The summed E-state index contributed by atoms with van der Waals surface area (Å²) in [6, 6.07) is 7.43. The number of hydrogen-bond acceptors (Lipinski definition) is 5. The molecule has 7 heteroatoms. The van der Waals surface area contributed by atoms with Crippen LogP contribution in [-0.4, -0.2) is 21.6 Å². The molecular formula is C18H18ClN3OS2. The highest BCUT2D eigenvalue weighted by atomic mass is 35.5. The van der Waals surface area contributed by atoms with Crippen molar-refractivity contribution >= 4 is 50.8 Å². The second-order valence-electron chi connectivity index (χ2n) is 5.78. The summed E-state index contributed by atoms with van der Waals surface area (Å²) < 4.78 is 0. The number of nitrogens with zero attached hydrogens (tertiary/aromatic N) is 2. The lowest BCUT2D eigenvalue weighted by Gasteiger charge is -2.14. The number of aryl methyl sites for hydroxylation is 2. The van der Waals surface area contributed by atoms with Crippen LogP contribution in [-0.2, 0) is 4.79 Å². The molecule has 0 unspecified atom stereocenters. The summed E-state index contributed by atoms with van der Waals surface area (Å²) in [5, 5.41) is 5.59. The van der Waals surface area contributed by atoms with Crippen molar-refractivity contribution in [2.75, 3.05) is 5.75 Å². The molecule has 0 spiro atoms. The number of aromatic nitrogens is 2. The van der Waals surface area contributed by atoms with Gasteiger partial charge in [-0.2, -0.15) is 0 Å². The first-order valence-corrected chi connectivity index (χ1v) is 10.0. The van der Waals surface area contributed by atoms with Gasteiger partial charge in [-0.25, -0.2) is 9.97 Å². The van der Waals surface area contributed by atoms with Gasteiger partial charge in [-0.15, -0.1) is 11.3 Å². The molecule has 4 nitrogen and oxygen atoms in total. The number of fused-ring (bicyclic) bond motifs is 1. The van der Waals surface area contributed by atoms with Crippen LogP contribution in [0.3, 0.4) is 0 Å². The Morgan fingerprint density at radius 1 is 1.36 bits per heavy atom. The van der Waals surface area contributed by atoms with Crippen LogP contribution in [0.5, 0.6) is 0 Å². The molecule has 0 fully saturated rings. The first-order chi connectivity index (χ1) is 12.0. The number of amides is 1. The molecule has 0 radical (unpaired) electrons. The third kappa shape index (κ3) is 4.14. The van der Waals surface area contributed by atoms with Crippen molar-refractivity contribution < 1.29 is 4.79 Å². The van der Waals surface area contributed by atoms with Gasteiger partial charge in [0.1, 0.15) is 16.2 Å². The minimum atomic E-state index is -0.0950. The third-order valence-electron chi connectivity index (χ3n) is 4.00. The van der Waals surface area contributed by atoms with Crippen LogP contribution < -0.4 is 5.32 Å². The Bertz CT molecular complexity index is 926. The number of thiophene rings is 1. The number of nitrogens with one attached hydrogen (secondary N) is 1. The van der Waals surface area contributed by atoms with Gasteiger partial charge in [0.2, 0.25) is 5.91 Å². The van der Waals surface area contributed by atoms with Crippen LogP contribution >= 0.6 is 34.7 Å². The molecule has 0 bridgehead atoms. The SMILES string of the molecule is Cc1sc2ncnc(SCC(=O)N[C@H](C)c3cccc(Cl)c3)c2c1C. The van der Waals surface area contributed by atoms with Crippen LogP contribution in [0.1, 0.15) is 29.0 Å². The number of halogens is 1. The van der Waals surface area contributed by atoms with E-state index in [1.54, 1.807) is 17.7 Å². The van der Waals surface area contributed by atoms with E-state index in [4.69, 9.17) is 11.6 Å². The van der Waals surface area contributed by atoms with Gasteiger partial charge >= 0.3 is 0 Å². The number of carbonyl (C=O) groups excluding carboxylic acids is 1. The summed E-state index contributed by atoms with van der Waals surface area (Å²) in [4.78, 5) is 23.2. The van der Waals surface area contributed by atoms with E-state index < -0.39 is 0 Å². The van der Waals surface area contributed by atoms with Gasteiger partial charge in [-0.1, -0.05) is 35.5 Å². The first-order valence-electron chi connectivity index (χ1n) is 7.84. The van der Waals surface area contributed by atoms with E-state index in [2.05, 4.69) is 29.1 Å². The zero-order valence-corrected chi connectivity index (χ0v) is 16.6. The summed E-state index contributed by atoms with van der Waals surface area (Å²) in [6.45, 7) is 6.10. The molecule has 3 aromatic rings. The van der Waals surface area contributed by atoms with Crippen molar-refractivity contribution in [3.8, 4) is 0 Å². The minimum Gasteiger partial charge on any atom is -0.349 e. The van der Waals surface area contributed by atoms with Crippen LogP contribution in [0.15, 0.2) is 35.6 Å². The zero-order valence-electron chi connectivity index (χ0n) is 14.2. The molecule has 0 saturated carbocycles. The molecule has 3 rings (SSSR count). The quantitative estimate of drug-likeness (QED) is 0.494. The van der Waals surface area contributed by atoms with E-state index in [9.17, 15) is 4.79 Å². The first kappa shape index (κ1) is 18.2. The van der Waals surface area contributed by atoms with Gasteiger partial charge in [0.05, 0.1) is 11.8 Å². The Kier molecular flexibility index (Phi) is 5.61. The maximum Gasteiger partial charge on any atom is 0.230 e. The molecule has 1 atom stereocenters. The average Bonchev–Trinajstić information content (AvgIpc) is 2.88. The topological polar surface area (TPSA) is 54.9 Å². The molecule has 25 heavy (non-hydrogen) atoms. The highest BCUT2D eigenvalue weighted by Crippen LogP contribution is 2.34. The predicted octanol–water partition coefficient (Wildman–Crippen LogP) is 4.93. The van der Waals surface area contributed by atoms with E-state index in [0.29, 0.717) is 10.8 Å². The van der Waals surface area contributed by atoms with Crippen LogP contribution in [0.25, 0.3) is 10.2 Å². The molecule has 0 aliphatic rings. The Morgan fingerprint density at radius 2 is 2.16 bits per heavy atom. The standard InChI is InChI=1S/C18H18ClN3OS2/c1-10-12(3)25-18-16(10)17(20-9-21-18)24-8-15(23)22-11(2)13-5-4-6-14(19)7-13/h4-7,9,11H,8H2,1-3H3,(H,22,23)/t11-/m1/s1. The van der Waals surface area contributed by atoms with Crippen molar-refractivity contribution in [2.24, 2.45) is 0 Å². The average molecular weight is 392 g/mol. The highest BCUT2D eigenvalue weighted by molar-refractivity contribution is 8.00.